The number of esters is 4. The Morgan fingerprint density at radius 2 is 1.56 bits per heavy atom. The van der Waals surface area contributed by atoms with Gasteiger partial charge < -0.3 is 28.8 Å². The van der Waals surface area contributed by atoms with Crippen LogP contribution in [0.2, 0.25) is 0 Å². The molecule has 1 aliphatic rings. The Balaban J connectivity index is 2.74. The smallest absolute Gasteiger partial charge is 0.336 e. The first-order chi connectivity index (χ1) is 18.7. The summed E-state index contributed by atoms with van der Waals surface area (Å²) in [5, 5.41) is 9.61. The zero-order chi connectivity index (χ0) is 28.9. The average Bonchev–Trinajstić information content (AvgIpc) is 2.93. The molecule has 0 radical (unpaired) electrons. The highest BCUT2D eigenvalue weighted by Crippen LogP contribution is 2.48. The summed E-state index contributed by atoms with van der Waals surface area (Å²) in [5.41, 5.74) is -3.47. The van der Waals surface area contributed by atoms with Crippen LogP contribution in [0, 0.1) is 5.41 Å². The summed E-state index contributed by atoms with van der Waals surface area (Å²) in [5.74, 6) is -3.14. The van der Waals surface area contributed by atoms with Crippen molar-refractivity contribution < 1.29 is 48.0 Å². The number of aliphatic hydroxyl groups excluding tert-OH is 1. The van der Waals surface area contributed by atoms with Gasteiger partial charge >= 0.3 is 23.9 Å². The van der Waals surface area contributed by atoms with Crippen molar-refractivity contribution in [2.24, 2.45) is 5.41 Å². The van der Waals surface area contributed by atoms with E-state index in [-0.39, 0.29) is 57.9 Å². The highest BCUT2D eigenvalue weighted by Gasteiger charge is 2.56. The summed E-state index contributed by atoms with van der Waals surface area (Å²) in [6, 6.07) is 9.24. The van der Waals surface area contributed by atoms with Crippen LogP contribution in [-0.4, -0.2) is 74.7 Å². The monoisotopic (exact) mass is 564 g/mol. The number of carbonyl (C=O) groups excluding carboxylic acids is 4. The quantitative estimate of drug-likeness (QED) is 0.117. The van der Waals surface area contributed by atoms with Crippen molar-refractivity contribution in [3.8, 4) is 0 Å². The lowest BCUT2D eigenvalue weighted by molar-refractivity contribution is -0.171. The third-order valence-electron chi connectivity index (χ3n) is 5.98. The molecule has 1 aromatic carbocycles. The van der Waals surface area contributed by atoms with Crippen molar-refractivity contribution >= 4 is 35.6 Å². The molecular weight excluding hydrogens is 528 g/mol. The first kappa shape index (κ1) is 32.1. The van der Waals surface area contributed by atoms with E-state index in [1.807, 2.05) is 30.3 Å². The average molecular weight is 565 g/mol. The minimum Gasteiger partial charge on any atom is -0.466 e. The van der Waals surface area contributed by atoms with Gasteiger partial charge in [0.2, 0.25) is 0 Å². The van der Waals surface area contributed by atoms with Gasteiger partial charge in [-0.15, -0.1) is 0 Å². The highest BCUT2D eigenvalue weighted by atomic mass is 32.2. The minimum absolute atomic E-state index is 0.00839. The fourth-order valence-electron chi connectivity index (χ4n) is 4.22. The second-order valence-corrected chi connectivity index (χ2v) is 9.68. The molecule has 1 aliphatic carbocycles. The molecule has 10 nitrogen and oxygen atoms in total. The van der Waals surface area contributed by atoms with E-state index >= 15 is 0 Å². The van der Waals surface area contributed by atoms with Gasteiger partial charge in [0.25, 0.3) is 0 Å². The Hall–Kier alpha value is -3.15. The summed E-state index contributed by atoms with van der Waals surface area (Å²) in [6.45, 7) is 4.34. The lowest BCUT2D eigenvalue weighted by atomic mass is 9.68. The van der Waals surface area contributed by atoms with Gasteiger partial charge in [-0.1, -0.05) is 30.0 Å². The highest BCUT2D eigenvalue weighted by molar-refractivity contribution is 8.03. The number of benzene rings is 1. The van der Waals surface area contributed by atoms with Gasteiger partial charge in [-0.3, -0.25) is 9.59 Å². The van der Waals surface area contributed by atoms with Gasteiger partial charge in [0, 0.05) is 22.3 Å². The molecule has 0 aliphatic heterocycles. The van der Waals surface area contributed by atoms with E-state index < -0.39 is 34.9 Å². The summed E-state index contributed by atoms with van der Waals surface area (Å²) >= 11 is 1.27. The van der Waals surface area contributed by atoms with E-state index in [4.69, 9.17) is 23.7 Å². The molecule has 2 rings (SSSR count). The molecule has 39 heavy (non-hydrogen) atoms. The Morgan fingerprint density at radius 3 is 2.10 bits per heavy atom. The zero-order valence-corrected chi connectivity index (χ0v) is 23.5. The molecule has 0 spiro atoms. The lowest BCUT2D eigenvalue weighted by Gasteiger charge is -2.42. The maximum Gasteiger partial charge on any atom is 0.336 e. The Labute approximate surface area is 232 Å². The normalized spacial score (nSPS) is 18.5. The van der Waals surface area contributed by atoms with Gasteiger partial charge in [0.1, 0.15) is 5.60 Å². The Kier molecular flexibility index (Phi) is 12.7. The molecule has 1 atom stereocenters. The van der Waals surface area contributed by atoms with Gasteiger partial charge in [-0.05, 0) is 51.8 Å². The van der Waals surface area contributed by atoms with Crippen LogP contribution in [-0.2, 0) is 42.9 Å². The first-order valence-corrected chi connectivity index (χ1v) is 13.5. The number of thioether (sulfide) groups is 1. The van der Waals surface area contributed by atoms with Crippen LogP contribution in [0.3, 0.4) is 0 Å². The topological polar surface area (TPSA) is 135 Å². The molecule has 0 amide bonds. The van der Waals surface area contributed by atoms with Crippen LogP contribution < -0.4 is 0 Å². The van der Waals surface area contributed by atoms with E-state index in [0.29, 0.717) is 4.91 Å². The van der Waals surface area contributed by atoms with Crippen LogP contribution in [0.5, 0.6) is 0 Å². The molecule has 214 valence electrons. The molecule has 0 bridgehead atoms. The molecule has 1 N–H and O–H groups in total. The molecular formula is C28H36O10S. The molecule has 0 saturated carbocycles. The standard InChI is InChI=1S/C28H36O10S/c1-5-35-24(31)22-19-27(25(32)36-6-2,26(33)37-7-3)13-14-28(22,38-16-15-29)18-21(17-23(30)34-4)39-20-11-9-8-10-12-20/h8-12,17,19,29H,5-7,13-16,18H2,1-4H3/b21-17+. The van der Waals surface area contributed by atoms with Crippen molar-refractivity contribution in [1.29, 1.82) is 0 Å². The van der Waals surface area contributed by atoms with Crippen molar-refractivity contribution in [2.45, 2.75) is 50.5 Å². The largest absolute Gasteiger partial charge is 0.466 e. The van der Waals surface area contributed by atoms with E-state index in [1.165, 1.54) is 31.0 Å². The van der Waals surface area contributed by atoms with Crippen LogP contribution in [0.4, 0.5) is 0 Å². The number of ether oxygens (including phenoxy) is 5. The van der Waals surface area contributed by atoms with Crippen molar-refractivity contribution in [1.82, 2.24) is 0 Å². The van der Waals surface area contributed by atoms with E-state index in [1.54, 1.807) is 20.8 Å². The first-order valence-electron chi connectivity index (χ1n) is 12.7. The number of rotatable bonds is 14. The predicted molar refractivity (Wildman–Crippen MR) is 142 cm³/mol. The number of hydrogen-bond donors (Lipinski definition) is 1. The Morgan fingerprint density at radius 1 is 0.949 bits per heavy atom. The fraction of sp³-hybridized carbons (Fsp3) is 0.500. The SMILES string of the molecule is CCOC(=O)C1=CC(C(=O)OCC)(C(=O)OCC)CCC1(C/C(=C\C(=O)OC)Sc1ccccc1)OCCO. The molecule has 0 aromatic heterocycles. The Bertz CT molecular complexity index is 1050. The number of aliphatic hydroxyl groups is 1. The van der Waals surface area contributed by atoms with E-state index in [2.05, 4.69) is 0 Å². The fourth-order valence-corrected chi connectivity index (χ4v) is 5.27. The number of hydrogen-bond acceptors (Lipinski definition) is 11. The predicted octanol–water partition coefficient (Wildman–Crippen LogP) is 3.37. The molecule has 1 aromatic rings. The van der Waals surface area contributed by atoms with E-state index in [9.17, 15) is 24.3 Å². The van der Waals surface area contributed by atoms with Gasteiger partial charge in [0.15, 0.2) is 5.41 Å². The maximum atomic E-state index is 13.4. The maximum absolute atomic E-state index is 13.4. The molecule has 11 heteroatoms. The summed E-state index contributed by atoms with van der Waals surface area (Å²) in [4.78, 5) is 53.3. The third kappa shape index (κ3) is 8.17. The van der Waals surface area contributed by atoms with Crippen LogP contribution >= 0.6 is 11.8 Å². The second kappa shape index (κ2) is 15.4. The summed E-state index contributed by atoms with van der Waals surface area (Å²) in [6.07, 6.45) is 2.35. The molecule has 0 fully saturated rings. The summed E-state index contributed by atoms with van der Waals surface area (Å²) < 4.78 is 26.7. The van der Waals surface area contributed by atoms with Crippen LogP contribution in [0.1, 0.15) is 40.0 Å². The molecule has 0 saturated heterocycles. The van der Waals surface area contributed by atoms with Crippen molar-refractivity contribution in [2.75, 3.05) is 40.1 Å². The zero-order valence-electron chi connectivity index (χ0n) is 22.7. The van der Waals surface area contributed by atoms with Crippen LogP contribution in [0.15, 0.2) is 57.9 Å². The third-order valence-corrected chi connectivity index (χ3v) is 7.01. The van der Waals surface area contributed by atoms with Gasteiger partial charge in [-0.25, -0.2) is 9.59 Å². The number of carbonyl (C=O) groups is 4. The van der Waals surface area contributed by atoms with Crippen molar-refractivity contribution in [3.05, 3.63) is 53.0 Å². The summed E-state index contributed by atoms with van der Waals surface area (Å²) in [7, 11) is 1.25. The molecule has 0 heterocycles. The van der Waals surface area contributed by atoms with Gasteiger partial charge in [-0.2, -0.15) is 0 Å². The van der Waals surface area contributed by atoms with Crippen molar-refractivity contribution in [3.63, 3.8) is 0 Å². The minimum atomic E-state index is -1.90. The number of methoxy groups -OCH3 is 1. The molecule has 1 unspecified atom stereocenters. The van der Waals surface area contributed by atoms with Gasteiger partial charge in [0.05, 0.1) is 45.7 Å². The van der Waals surface area contributed by atoms with Crippen LogP contribution in [0.25, 0.3) is 0 Å². The lowest BCUT2D eigenvalue weighted by Crippen LogP contribution is -2.51. The second-order valence-electron chi connectivity index (χ2n) is 8.48. The van der Waals surface area contributed by atoms with E-state index in [0.717, 1.165) is 4.90 Å².